The van der Waals surface area contributed by atoms with Crippen LogP contribution in [0.3, 0.4) is 0 Å². The Morgan fingerprint density at radius 3 is 1.72 bits per heavy atom. The second-order valence-electron chi connectivity index (χ2n) is 3.37. The zero-order chi connectivity index (χ0) is 14.2. The van der Waals surface area contributed by atoms with Gasteiger partial charge in [0.05, 0.1) is 0 Å². The third-order valence-corrected chi connectivity index (χ3v) is 10.5. The largest absolute Gasteiger partial charge is 0.289 e. The van der Waals surface area contributed by atoms with Crippen LogP contribution in [-0.4, -0.2) is 4.07 Å². The van der Waals surface area contributed by atoms with Gasteiger partial charge >= 0.3 is 0 Å². The van der Waals surface area contributed by atoms with E-state index in [0.717, 1.165) is 0 Å². The van der Waals surface area contributed by atoms with E-state index in [1.54, 1.807) is 18.2 Å². The summed E-state index contributed by atoms with van der Waals surface area (Å²) in [6, 6.07) is 8.03. The molecule has 10 heteroatoms. The second kappa shape index (κ2) is 6.04. The molecular formula is C8H6Cl6O2P2. The Bertz CT molecular complexity index is 508. The summed E-state index contributed by atoms with van der Waals surface area (Å²) in [5.74, 6) is -7.93. The normalized spacial score (nSPS) is 15.4. The molecule has 0 radical (unpaired) electrons. The number of rotatable bonds is 4. The van der Waals surface area contributed by atoms with Gasteiger partial charge in [0, 0.05) is 0 Å². The van der Waals surface area contributed by atoms with Crippen LogP contribution in [0.5, 0.6) is 0 Å². The Kier molecular flexibility index (Phi) is 5.86. The molecule has 1 rings (SSSR count). The minimum absolute atomic E-state index is 0.331. The van der Waals surface area contributed by atoms with Gasteiger partial charge in [0.1, 0.15) is 5.66 Å². The zero-order valence-corrected chi connectivity index (χ0v) is 14.8. The highest BCUT2D eigenvalue weighted by Gasteiger charge is 2.56. The molecule has 0 amide bonds. The van der Waals surface area contributed by atoms with Crippen molar-refractivity contribution in [2.75, 3.05) is 0 Å². The maximum Gasteiger partial charge on any atom is 0.289 e. The Labute approximate surface area is 134 Å². The van der Waals surface area contributed by atoms with Crippen LogP contribution < -0.4 is 0 Å². The van der Waals surface area contributed by atoms with Crippen LogP contribution in [0.25, 0.3) is 0 Å². The van der Waals surface area contributed by atoms with Crippen molar-refractivity contribution in [1.29, 1.82) is 0 Å². The molecule has 0 fully saturated rings. The predicted octanol–water partition coefficient (Wildman–Crippen LogP) is 7.20. The zero-order valence-electron chi connectivity index (χ0n) is 8.44. The van der Waals surface area contributed by atoms with Gasteiger partial charge in [0.2, 0.25) is 4.07 Å². The first-order valence-corrected chi connectivity index (χ1v) is 12.2. The van der Waals surface area contributed by atoms with Crippen LogP contribution in [0.2, 0.25) is 0 Å². The van der Waals surface area contributed by atoms with E-state index in [4.69, 9.17) is 68.2 Å². The summed E-state index contributed by atoms with van der Waals surface area (Å²) in [5, 5.41) is 0. The van der Waals surface area contributed by atoms with E-state index in [1.807, 2.05) is 0 Å². The van der Waals surface area contributed by atoms with E-state index in [0.29, 0.717) is 5.56 Å². The minimum Gasteiger partial charge on any atom is -0.288 e. The molecule has 0 aliphatic heterocycles. The van der Waals surface area contributed by atoms with Gasteiger partial charge < -0.3 is 0 Å². The lowest BCUT2D eigenvalue weighted by Crippen LogP contribution is -2.19. The van der Waals surface area contributed by atoms with Gasteiger partial charge in [-0.2, -0.15) is 0 Å². The molecular weight excluding hydrogens is 403 g/mol. The number of alkyl halides is 2. The molecule has 0 spiro atoms. The minimum atomic E-state index is -4.05. The van der Waals surface area contributed by atoms with Crippen molar-refractivity contribution in [2.24, 2.45) is 0 Å². The SMILES string of the molecule is O=P(Cl)(Cl)C(c1ccccc1)C(Cl)(Cl)P(=O)(Cl)Cl. The average Bonchev–Trinajstić information content (AvgIpc) is 2.14. The smallest absolute Gasteiger partial charge is 0.288 e. The van der Waals surface area contributed by atoms with Crippen LogP contribution in [0, 0.1) is 0 Å². The lowest BCUT2D eigenvalue weighted by Gasteiger charge is -2.30. The van der Waals surface area contributed by atoms with Crippen molar-refractivity contribution in [3.63, 3.8) is 0 Å². The van der Waals surface area contributed by atoms with Crippen molar-refractivity contribution < 1.29 is 9.13 Å². The molecule has 18 heavy (non-hydrogen) atoms. The highest BCUT2D eigenvalue weighted by Crippen LogP contribution is 2.83. The number of hydrogen-bond donors (Lipinski definition) is 0. The van der Waals surface area contributed by atoms with Crippen molar-refractivity contribution >= 4 is 79.9 Å². The second-order valence-corrected chi connectivity index (χ2v) is 15.3. The van der Waals surface area contributed by atoms with Crippen LogP contribution in [0.15, 0.2) is 30.3 Å². The quantitative estimate of drug-likeness (QED) is 0.390. The van der Waals surface area contributed by atoms with Gasteiger partial charge in [-0.3, -0.25) is 9.13 Å². The molecule has 0 aromatic heterocycles. The first-order valence-electron chi connectivity index (χ1n) is 4.39. The van der Waals surface area contributed by atoms with Crippen LogP contribution in [0.1, 0.15) is 11.2 Å². The lowest BCUT2D eigenvalue weighted by molar-refractivity contribution is 0.575. The molecule has 1 unspecified atom stereocenters. The average molecular weight is 409 g/mol. The molecule has 0 aliphatic carbocycles. The molecule has 2 nitrogen and oxygen atoms in total. The number of hydrogen-bond acceptors (Lipinski definition) is 2. The predicted molar refractivity (Wildman–Crippen MR) is 82.2 cm³/mol. The third-order valence-electron chi connectivity index (χ3n) is 2.09. The summed E-state index contributed by atoms with van der Waals surface area (Å²) in [6.07, 6.45) is 0. The lowest BCUT2D eigenvalue weighted by atomic mass is 10.2. The Balaban J connectivity index is 3.43. The van der Waals surface area contributed by atoms with E-state index in [2.05, 4.69) is 0 Å². The van der Waals surface area contributed by atoms with Crippen LogP contribution >= 0.6 is 79.9 Å². The van der Waals surface area contributed by atoms with E-state index in [-0.39, 0.29) is 0 Å². The standard InChI is InChI=1S/C8H6Cl6O2P2/c9-8(10,18(13,14)16)7(17(11,12)15)6-4-2-1-3-5-6/h1-5,7H. The fraction of sp³-hybridized carbons (Fsp3) is 0.250. The molecule has 0 saturated carbocycles. The Morgan fingerprint density at radius 1 is 0.944 bits per heavy atom. The third kappa shape index (κ3) is 3.96. The highest BCUT2D eigenvalue weighted by atomic mass is 35.9. The molecule has 0 heterocycles. The van der Waals surface area contributed by atoms with E-state index in [9.17, 15) is 9.13 Å². The van der Waals surface area contributed by atoms with E-state index < -0.39 is 21.4 Å². The summed E-state index contributed by atoms with van der Waals surface area (Å²) in [5.41, 5.74) is -1.03. The van der Waals surface area contributed by atoms with Crippen LogP contribution in [0.4, 0.5) is 0 Å². The fourth-order valence-corrected chi connectivity index (χ4v) is 8.26. The maximum atomic E-state index is 11.9. The molecule has 0 aliphatic rings. The Hall–Kier alpha value is 1.42. The monoisotopic (exact) mass is 406 g/mol. The van der Waals surface area contributed by atoms with Gasteiger partial charge in [-0.05, 0) is 50.5 Å². The van der Waals surface area contributed by atoms with Crippen molar-refractivity contribution in [3.05, 3.63) is 35.9 Å². The van der Waals surface area contributed by atoms with Crippen molar-refractivity contribution in [1.82, 2.24) is 0 Å². The molecule has 1 atom stereocenters. The molecule has 0 bridgehead atoms. The summed E-state index contributed by atoms with van der Waals surface area (Å²) in [6.45, 7) is 0. The van der Waals surface area contributed by atoms with E-state index in [1.165, 1.54) is 12.1 Å². The van der Waals surface area contributed by atoms with Crippen LogP contribution in [-0.2, 0) is 9.13 Å². The van der Waals surface area contributed by atoms with Gasteiger partial charge in [0.25, 0.3) is 11.7 Å². The number of halogens is 6. The summed E-state index contributed by atoms with van der Waals surface area (Å²) >= 11 is 34.1. The summed E-state index contributed by atoms with van der Waals surface area (Å²) < 4.78 is 21.4. The molecule has 1 aromatic carbocycles. The summed E-state index contributed by atoms with van der Waals surface area (Å²) in [4.78, 5) is 0. The highest BCUT2D eigenvalue weighted by molar-refractivity contribution is 8.13. The van der Waals surface area contributed by atoms with Crippen molar-refractivity contribution in [2.45, 2.75) is 9.73 Å². The van der Waals surface area contributed by atoms with Gasteiger partial charge in [-0.25, -0.2) is 0 Å². The van der Waals surface area contributed by atoms with Crippen molar-refractivity contribution in [3.8, 4) is 0 Å². The number of benzene rings is 1. The topological polar surface area (TPSA) is 34.1 Å². The van der Waals surface area contributed by atoms with Gasteiger partial charge in [-0.1, -0.05) is 53.5 Å². The Morgan fingerprint density at radius 2 is 1.39 bits per heavy atom. The molecule has 102 valence electrons. The first-order chi connectivity index (χ1) is 7.98. The fourth-order valence-electron chi connectivity index (χ4n) is 1.33. The molecule has 0 N–H and O–H groups in total. The first kappa shape index (κ1) is 17.5. The summed E-state index contributed by atoms with van der Waals surface area (Å²) in [7, 11) is 0. The maximum absolute atomic E-state index is 11.9. The molecule has 1 aromatic rings. The van der Waals surface area contributed by atoms with Gasteiger partial charge in [-0.15, -0.1) is 0 Å². The van der Waals surface area contributed by atoms with E-state index >= 15 is 0 Å². The van der Waals surface area contributed by atoms with Gasteiger partial charge in [0.15, 0.2) is 0 Å². The molecule has 0 saturated heterocycles.